The molecule has 1 aliphatic heterocycles. The topological polar surface area (TPSA) is 90.4 Å². The van der Waals surface area contributed by atoms with Crippen molar-refractivity contribution >= 4 is 15.5 Å². The highest BCUT2D eigenvalue weighted by Crippen LogP contribution is 2.22. The Balaban J connectivity index is 1.75. The van der Waals surface area contributed by atoms with E-state index in [9.17, 15) is 8.42 Å². The van der Waals surface area contributed by atoms with Gasteiger partial charge in [0.1, 0.15) is 9.84 Å². The number of rotatable bonds is 3. The molecule has 1 fully saturated rings. The Hall–Kier alpha value is -1.47. The first kappa shape index (κ1) is 13.5. The smallest absolute Gasteiger partial charge is 0.155 e. The normalized spacial score (nSPS) is 19.4. The fraction of sp³-hybridized carbons (Fsp3) is 0.538. The summed E-state index contributed by atoms with van der Waals surface area (Å²) in [6, 6.07) is 3.86. The van der Waals surface area contributed by atoms with Crippen LogP contribution in [0.3, 0.4) is 0 Å². The van der Waals surface area contributed by atoms with E-state index in [0.29, 0.717) is 36.8 Å². The Bertz CT molecular complexity index is 709. The Morgan fingerprint density at radius 2 is 2.10 bits per heavy atom. The summed E-state index contributed by atoms with van der Waals surface area (Å²) in [5.74, 6) is 1.73. The van der Waals surface area contributed by atoms with E-state index in [0.717, 1.165) is 23.5 Å². The second kappa shape index (κ2) is 5.14. The fourth-order valence-electron chi connectivity index (χ4n) is 2.58. The average molecular weight is 294 g/mol. The summed E-state index contributed by atoms with van der Waals surface area (Å²) in [7, 11) is -2.80. The van der Waals surface area contributed by atoms with Crippen LogP contribution in [-0.4, -0.2) is 34.5 Å². The van der Waals surface area contributed by atoms with Crippen molar-refractivity contribution in [2.24, 2.45) is 11.7 Å². The fourth-order valence-corrected chi connectivity index (χ4v) is 4.17. The van der Waals surface area contributed by atoms with Gasteiger partial charge in [-0.2, -0.15) is 5.10 Å². The predicted octanol–water partition coefficient (Wildman–Crippen LogP) is 0.555. The zero-order chi connectivity index (χ0) is 14.2. The van der Waals surface area contributed by atoms with Gasteiger partial charge in [0.2, 0.25) is 0 Å². The molecule has 108 valence electrons. The van der Waals surface area contributed by atoms with Gasteiger partial charge in [-0.15, -0.1) is 0 Å². The Morgan fingerprint density at radius 1 is 1.35 bits per heavy atom. The van der Waals surface area contributed by atoms with Crippen LogP contribution >= 0.6 is 0 Å². The minimum Gasteiger partial charge on any atom is -0.326 e. The first-order chi connectivity index (χ1) is 9.55. The molecule has 1 saturated heterocycles. The van der Waals surface area contributed by atoms with E-state index >= 15 is 0 Å². The minimum atomic E-state index is -2.80. The SMILES string of the molecule is NCc1ccn2nc(CC3CCS(=O)(=O)CC3)nc2c1. The third-order valence-electron chi connectivity index (χ3n) is 3.83. The molecule has 0 unspecified atom stereocenters. The number of nitrogens with two attached hydrogens (primary N) is 1. The Labute approximate surface area is 117 Å². The monoisotopic (exact) mass is 294 g/mol. The summed E-state index contributed by atoms with van der Waals surface area (Å²) in [6.07, 6.45) is 4.03. The van der Waals surface area contributed by atoms with Gasteiger partial charge in [0.05, 0.1) is 11.5 Å². The molecule has 2 aromatic heterocycles. The van der Waals surface area contributed by atoms with E-state index in [4.69, 9.17) is 5.73 Å². The van der Waals surface area contributed by atoms with Crippen LogP contribution in [0, 0.1) is 5.92 Å². The standard InChI is InChI=1S/C13H18N4O2S/c14-9-11-1-4-17-13(8-11)15-12(16-17)7-10-2-5-20(18,19)6-3-10/h1,4,8,10H,2-3,5-7,9,14H2. The highest BCUT2D eigenvalue weighted by Gasteiger charge is 2.24. The molecular weight excluding hydrogens is 276 g/mol. The van der Waals surface area contributed by atoms with Crippen LogP contribution in [0.25, 0.3) is 5.65 Å². The summed E-state index contributed by atoms with van der Waals surface area (Å²) < 4.78 is 24.6. The van der Waals surface area contributed by atoms with Gasteiger partial charge in [0.15, 0.2) is 11.5 Å². The van der Waals surface area contributed by atoms with E-state index in [1.165, 1.54) is 0 Å². The van der Waals surface area contributed by atoms with Crippen LogP contribution in [0.5, 0.6) is 0 Å². The molecule has 6 nitrogen and oxygen atoms in total. The molecule has 3 rings (SSSR count). The van der Waals surface area contributed by atoms with Crippen molar-refractivity contribution in [3.05, 3.63) is 29.7 Å². The van der Waals surface area contributed by atoms with Crippen molar-refractivity contribution in [3.8, 4) is 0 Å². The summed E-state index contributed by atoms with van der Waals surface area (Å²) in [5, 5.41) is 4.43. The number of fused-ring (bicyclic) bond motifs is 1. The van der Waals surface area contributed by atoms with Crippen molar-refractivity contribution in [1.29, 1.82) is 0 Å². The molecule has 0 saturated carbocycles. The first-order valence-corrected chi connectivity index (χ1v) is 8.62. The molecule has 7 heteroatoms. The summed E-state index contributed by atoms with van der Waals surface area (Å²) in [5.41, 5.74) is 7.43. The number of hydrogen-bond acceptors (Lipinski definition) is 5. The van der Waals surface area contributed by atoms with Crippen LogP contribution in [-0.2, 0) is 22.8 Å². The van der Waals surface area contributed by atoms with E-state index in [1.807, 2.05) is 18.3 Å². The van der Waals surface area contributed by atoms with Gasteiger partial charge in [0, 0.05) is 19.2 Å². The van der Waals surface area contributed by atoms with Crippen molar-refractivity contribution in [2.75, 3.05) is 11.5 Å². The van der Waals surface area contributed by atoms with Crippen LogP contribution in [0.2, 0.25) is 0 Å². The average Bonchev–Trinajstić information content (AvgIpc) is 2.82. The van der Waals surface area contributed by atoms with Gasteiger partial charge in [-0.25, -0.2) is 17.9 Å². The maximum atomic E-state index is 11.4. The number of pyridine rings is 1. The molecule has 0 radical (unpaired) electrons. The zero-order valence-corrected chi connectivity index (χ0v) is 12.0. The number of hydrogen-bond donors (Lipinski definition) is 1. The first-order valence-electron chi connectivity index (χ1n) is 6.80. The molecule has 20 heavy (non-hydrogen) atoms. The van der Waals surface area contributed by atoms with Crippen molar-refractivity contribution in [1.82, 2.24) is 14.6 Å². The lowest BCUT2D eigenvalue weighted by Gasteiger charge is -2.20. The summed E-state index contributed by atoms with van der Waals surface area (Å²) in [6.45, 7) is 0.485. The molecule has 0 aliphatic carbocycles. The molecule has 2 aromatic rings. The maximum absolute atomic E-state index is 11.4. The van der Waals surface area contributed by atoms with Crippen LogP contribution in [0.15, 0.2) is 18.3 Å². The van der Waals surface area contributed by atoms with Gasteiger partial charge < -0.3 is 5.73 Å². The number of sulfone groups is 1. The third kappa shape index (κ3) is 2.83. The summed E-state index contributed by atoms with van der Waals surface area (Å²) >= 11 is 0. The van der Waals surface area contributed by atoms with Crippen LogP contribution in [0.4, 0.5) is 0 Å². The van der Waals surface area contributed by atoms with Gasteiger partial charge in [-0.1, -0.05) is 0 Å². The Kier molecular flexibility index (Phi) is 3.47. The molecule has 0 atom stereocenters. The molecule has 0 amide bonds. The second-order valence-corrected chi connectivity index (χ2v) is 7.67. The summed E-state index contributed by atoms with van der Waals surface area (Å²) in [4.78, 5) is 4.50. The second-order valence-electron chi connectivity index (χ2n) is 5.37. The predicted molar refractivity (Wildman–Crippen MR) is 76.0 cm³/mol. The number of aromatic nitrogens is 3. The largest absolute Gasteiger partial charge is 0.326 e. The lowest BCUT2D eigenvalue weighted by atomic mass is 9.99. The highest BCUT2D eigenvalue weighted by molar-refractivity contribution is 7.91. The molecule has 3 heterocycles. The highest BCUT2D eigenvalue weighted by atomic mass is 32.2. The zero-order valence-electron chi connectivity index (χ0n) is 11.2. The maximum Gasteiger partial charge on any atom is 0.155 e. The van der Waals surface area contributed by atoms with E-state index < -0.39 is 9.84 Å². The van der Waals surface area contributed by atoms with Gasteiger partial charge in [-0.3, -0.25) is 0 Å². The van der Waals surface area contributed by atoms with Gasteiger partial charge in [0.25, 0.3) is 0 Å². The molecule has 1 aliphatic rings. The molecule has 0 bridgehead atoms. The van der Waals surface area contributed by atoms with Crippen molar-refractivity contribution in [2.45, 2.75) is 25.8 Å². The third-order valence-corrected chi connectivity index (χ3v) is 5.54. The molecule has 0 aromatic carbocycles. The quantitative estimate of drug-likeness (QED) is 0.893. The lowest BCUT2D eigenvalue weighted by molar-refractivity contribution is 0.454. The van der Waals surface area contributed by atoms with E-state index in [1.54, 1.807) is 4.52 Å². The van der Waals surface area contributed by atoms with E-state index in [-0.39, 0.29) is 0 Å². The molecule has 2 N–H and O–H groups in total. The molecule has 0 spiro atoms. The number of nitrogens with zero attached hydrogens (tertiary/aromatic N) is 3. The lowest BCUT2D eigenvalue weighted by Crippen LogP contribution is -2.24. The van der Waals surface area contributed by atoms with Crippen molar-refractivity contribution < 1.29 is 8.42 Å². The van der Waals surface area contributed by atoms with E-state index in [2.05, 4.69) is 10.1 Å². The van der Waals surface area contributed by atoms with Crippen LogP contribution < -0.4 is 5.73 Å². The molecular formula is C13H18N4O2S. The van der Waals surface area contributed by atoms with Crippen LogP contribution in [0.1, 0.15) is 24.2 Å². The van der Waals surface area contributed by atoms with Gasteiger partial charge >= 0.3 is 0 Å². The van der Waals surface area contributed by atoms with Gasteiger partial charge in [-0.05, 0) is 36.5 Å². The Morgan fingerprint density at radius 3 is 2.80 bits per heavy atom. The van der Waals surface area contributed by atoms with Crippen molar-refractivity contribution in [3.63, 3.8) is 0 Å². The minimum absolute atomic E-state index is 0.294.